The summed E-state index contributed by atoms with van der Waals surface area (Å²) in [5.41, 5.74) is 3.02. The molecule has 7 nitrogen and oxygen atoms in total. The van der Waals surface area contributed by atoms with Gasteiger partial charge in [0.1, 0.15) is 11.8 Å². The summed E-state index contributed by atoms with van der Waals surface area (Å²) in [5, 5.41) is 0.967. The second-order valence-corrected chi connectivity index (χ2v) is 11.9. The van der Waals surface area contributed by atoms with Crippen molar-refractivity contribution in [3.05, 3.63) is 76.7 Å². The van der Waals surface area contributed by atoms with Crippen LogP contribution >= 0.6 is 22.9 Å². The van der Waals surface area contributed by atoms with Crippen LogP contribution in [0.3, 0.4) is 0 Å². The van der Waals surface area contributed by atoms with Crippen LogP contribution < -0.4 is 4.90 Å². The van der Waals surface area contributed by atoms with Gasteiger partial charge < -0.3 is 4.42 Å². The van der Waals surface area contributed by atoms with E-state index in [0.717, 1.165) is 21.3 Å². The molecule has 0 spiro atoms. The molecule has 35 heavy (non-hydrogen) atoms. The summed E-state index contributed by atoms with van der Waals surface area (Å²) >= 11 is 7.36. The van der Waals surface area contributed by atoms with Crippen molar-refractivity contribution in [2.75, 3.05) is 11.4 Å². The molecule has 1 aliphatic heterocycles. The van der Waals surface area contributed by atoms with Crippen molar-refractivity contribution >= 4 is 54.2 Å². The Labute approximate surface area is 213 Å². The average Bonchev–Trinajstić information content (AvgIpc) is 3.60. The standard InChI is InChI=1S/C25H24ClN3O4S2/c1-16-7-12-22-23(17(16)2)27-25(34-22)28(15-19-5-4-14-33-19)24(30)21-6-3-13-29(21)35(31,32)20-10-8-18(26)9-11-20/h4-5,7-12,14,21H,3,6,13,15H2,1-2H3. The number of hydrogen-bond donors (Lipinski definition) is 0. The first-order valence-corrected chi connectivity index (χ1v) is 13.9. The third-order valence-electron chi connectivity index (χ3n) is 6.37. The maximum absolute atomic E-state index is 14.0. The van der Waals surface area contributed by atoms with Gasteiger partial charge in [-0.05, 0) is 80.3 Å². The Morgan fingerprint density at radius 2 is 1.97 bits per heavy atom. The van der Waals surface area contributed by atoms with E-state index in [4.69, 9.17) is 21.0 Å². The molecule has 0 N–H and O–H groups in total. The fraction of sp³-hybridized carbons (Fsp3) is 0.280. The van der Waals surface area contributed by atoms with Crippen LogP contribution in [0.15, 0.2) is 64.1 Å². The molecular weight excluding hydrogens is 506 g/mol. The second kappa shape index (κ2) is 9.39. The average molecular weight is 530 g/mol. The molecule has 1 fully saturated rings. The van der Waals surface area contributed by atoms with E-state index in [2.05, 4.69) is 0 Å². The number of thiazole rings is 1. The fourth-order valence-electron chi connectivity index (χ4n) is 4.32. The molecule has 0 radical (unpaired) electrons. The van der Waals surface area contributed by atoms with Gasteiger partial charge in [0.15, 0.2) is 5.13 Å². The molecule has 4 aromatic rings. The number of aryl methyl sites for hydroxylation is 2. The number of sulfonamides is 1. The summed E-state index contributed by atoms with van der Waals surface area (Å²) in [5.74, 6) is 0.278. The minimum atomic E-state index is -3.88. The van der Waals surface area contributed by atoms with Crippen LogP contribution in [0.1, 0.15) is 29.7 Å². The van der Waals surface area contributed by atoms with Gasteiger partial charge in [0.05, 0.1) is 27.9 Å². The highest BCUT2D eigenvalue weighted by Gasteiger charge is 2.42. The number of nitrogens with zero attached hydrogens (tertiary/aromatic N) is 3. The number of hydrogen-bond acceptors (Lipinski definition) is 6. The minimum Gasteiger partial charge on any atom is -0.467 e. The molecule has 0 aliphatic carbocycles. The number of amides is 1. The first-order chi connectivity index (χ1) is 16.8. The summed E-state index contributed by atoms with van der Waals surface area (Å²) in [6.45, 7) is 4.47. The number of benzene rings is 2. The van der Waals surface area contributed by atoms with Crippen LogP contribution in [-0.2, 0) is 21.4 Å². The Morgan fingerprint density at radius 3 is 2.69 bits per heavy atom. The highest BCUT2D eigenvalue weighted by molar-refractivity contribution is 7.89. The molecule has 1 unspecified atom stereocenters. The lowest BCUT2D eigenvalue weighted by molar-refractivity contribution is -0.121. The normalized spacial score (nSPS) is 16.7. The van der Waals surface area contributed by atoms with Gasteiger partial charge in [0.2, 0.25) is 15.9 Å². The molecule has 0 saturated carbocycles. The zero-order chi connectivity index (χ0) is 24.7. The highest BCUT2D eigenvalue weighted by Crippen LogP contribution is 2.35. The quantitative estimate of drug-likeness (QED) is 0.327. The number of halogens is 1. The monoisotopic (exact) mass is 529 g/mol. The maximum atomic E-state index is 14.0. The number of fused-ring (bicyclic) bond motifs is 1. The van der Waals surface area contributed by atoms with Crippen molar-refractivity contribution in [3.8, 4) is 0 Å². The predicted molar refractivity (Wildman–Crippen MR) is 137 cm³/mol. The number of aromatic nitrogens is 1. The van der Waals surface area contributed by atoms with Gasteiger partial charge in [-0.25, -0.2) is 13.4 Å². The Hall–Kier alpha value is -2.72. The molecular formula is C25H24ClN3O4S2. The van der Waals surface area contributed by atoms with Gasteiger partial charge in [-0.15, -0.1) is 0 Å². The van der Waals surface area contributed by atoms with Crippen molar-refractivity contribution < 1.29 is 17.6 Å². The molecule has 1 aliphatic rings. The van der Waals surface area contributed by atoms with Gasteiger partial charge in [-0.1, -0.05) is 29.0 Å². The zero-order valence-corrected chi connectivity index (χ0v) is 21.7. The van der Waals surface area contributed by atoms with Crippen LogP contribution in [0.2, 0.25) is 5.02 Å². The van der Waals surface area contributed by atoms with Crippen LogP contribution in [0.4, 0.5) is 5.13 Å². The lowest BCUT2D eigenvalue weighted by Gasteiger charge is -2.28. The largest absolute Gasteiger partial charge is 0.467 e. The van der Waals surface area contributed by atoms with Crippen molar-refractivity contribution in [3.63, 3.8) is 0 Å². The van der Waals surface area contributed by atoms with Crippen LogP contribution in [0.25, 0.3) is 10.2 Å². The molecule has 5 rings (SSSR count). The van der Waals surface area contributed by atoms with E-state index in [1.54, 1.807) is 23.3 Å². The number of anilines is 1. The van der Waals surface area contributed by atoms with E-state index < -0.39 is 16.1 Å². The Bertz CT molecular complexity index is 1480. The van der Waals surface area contributed by atoms with E-state index in [9.17, 15) is 13.2 Å². The van der Waals surface area contributed by atoms with Crippen LogP contribution in [0.5, 0.6) is 0 Å². The second-order valence-electron chi connectivity index (χ2n) is 8.58. The first kappa shape index (κ1) is 24.0. The van der Waals surface area contributed by atoms with E-state index in [1.165, 1.54) is 39.9 Å². The Balaban J connectivity index is 1.53. The SMILES string of the molecule is Cc1ccc2sc(N(Cc3ccco3)C(=O)C3CCCN3S(=O)(=O)c3ccc(Cl)cc3)nc2c1C. The van der Waals surface area contributed by atoms with Gasteiger partial charge >= 0.3 is 0 Å². The van der Waals surface area contributed by atoms with Crippen molar-refractivity contribution in [2.24, 2.45) is 0 Å². The van der Waals surface area contributed by atoms with Gasteiger partial charge in [-0.3, -0.25) is 9.69 Å². The van der Waals surface area contributed by atoms with Crippen molar-refractivity contribution in [2.45, 2.75) is 44.2 Å². The molecule has 182 valence electrons. The molecule has 1 atom stereocenters. The van der Waals surface area contributed by atoms with Gasteiger partial charge in [-0.2, -0.15) is 4.31 Å². The number of carbonyl (C=O) groups is 1. The van der Waals surface area contributed by atoms with Gasteiger partial charge in [0, 0.05) is 11.6 Å². The maximum Gasteiger partial charge on any atom is 0.247 e. The number of carbonyl (C=O) groups excluding carboxylic acids is 1. The van der Waals surface area contributed by atoms with Crippen LogP contribution in [0, 0.1) is 13.8 Å². The zero-order valence-electron chi connectivity index (χ0n) is 19.3. The fourth-order valence-corrected chi connectivity index (χ4v) is 7.13. The molecule has 3 heterocycles. The molecule has 10 heteroatoms. The van der Waals surface area contributed by atoms with E-state index >= 15 is 0 Å². The number of rotatable bonds is 6. The minimum absolute atomic E-state index is 0.116. The van der Waals surface area contributed by atoms with Crippen molar-refractivity contribution in [1.82, 2.24) is 9.29 Å². The number of furan rings is 1. The van der Waals surface area contributed by atoms with Crippen molar-refractivity contribution in [1.29, 1.82) is 0 Å². The summed E-state index contributed by atoms with van der Waals surface area (Å²) < 4.78 is 34.7. The van der Waals surface area contributed by atoms with E-state index in [-0.39, 0.29) is 23.9 Å². The lowest BCUT2D eigenvalue weighted by Crippen LogP contribution is -2.47. The smallest absolute Gasteiger partial charge is 0.247 e. The molecule has 0 bridgehead atoms. The summed E-state index contributed by atoms with van der Waals surface area (Å²) in [6.07, 6.45) is 2.58. The molecule has 2 aromatic carbocycles. The topological polar surface area (TPSA) is 83.7 Å². The molecule has 1 amide bonds. The summed E-state index contributed by atoms with van der Waals surface area (Å²) in [4.78, 5) is 20.4. The lowest BCUT2D eigenvalue weighted by atomic mass is 10.1. The summed E-state index contributed by atoms with van der Waals surface area (Å²) in [7, 11) is -3.88. The molecule has 2 aromatic heterocycles. The van der Waals surface area contributed by atoms with E-state index in [0.29, 0.717) is 28.8 Å². The Kier molecular flexibility index (Phi) is 6.43. The van der Waals surface area contributed by atoms with Gasteiger partial charge in [0.25, 0.3) is 0 Å². The molecule has 1 saturated heterocycles. The summed E-state index contributed by atoms with van der Waals surface area (Å²) in [6, 6.07) is 12.8. The first-order valence-electron chi connectivity index (χ1n) is 11.2. The predicted octanol–water partition coefficient (Wildman–Crippen LogP) is 5.55. The third kappa shape index (κ3) is 4.49. The van der Waals surface area contributed by atoms with E-state index in [1.807, 2.05) is 26.0 Å². The highest BCUT2D eigenvalue weighted by atomic mass is 35.5. The third-order valence-corrected chi connectivity index (χ3v) is 9.59. The Morgan fingerprint density at radius 1 is 1.20 bits per heavy atom. The van der Waals surface area contributed by atoms with Crippen LogP contribution in [-0.4, -0.2) is 36.2 Å².